The molecule has 1 aliphatic heterocycles. The molecule has 0 aromatic rings. The third-order valence-corrected chi connectivity index (χ3v) is 2.30. The number of rotatable bonds is 4. The van der Waals surface area contributed by atoms with E-state index in [2.05, 4.69) is 32.8 Å². The molecule has 1 saturated heterocycles. The van der Waals surface area contributed by atoms with Gasteiger partial charge in [0.15, 0.2) is 0 Å². The van der Waals surface area contributed by atoms with E-state index in [-0.39, 0.29) is 12.1 Å². The number of hydrogen-bond acceptors (Lipinski definition) is 3. The summed E-state index contributed by atoms with van der Waals surface area (Å²) < 4.78 is 5.19. The molecule has 2 amide bonds. The van der Waals surface area contributed by atoms with E-state index in [4.69, 9.17) is 4.74 Å². The van der Waals surface area contributed by atoms with Crippen molar-refractivity contribution in [3.8, 4) is 0 Å². The standard InChI is InChI=1S/C9H16N3O2Si/c1-7(10-6-15)11-9(13)12-8-2-4-14-5-3-8/h8,10H,1-6H2,(H2,11,12,13). The summed E-state index contributed by atoms with van der Waals surface area (Å²) in [5.41, 5.74) is 0. The Kier molecular flexibility index (Phi) is 5.20. The zero-order chi connectivity index (χ0) is 11.1. The van der Waals surface area contributed by atoms with Crippen molar-refractivity contribution in [3.63, 3.8) is 0 Å². The zero-order valence-corrected chi connectivity index (χ0v) is 9.64. The molecule has 1 heterocycles. The van der Waals surface area contributed by atoms with Gasteiger partial charge in [0.25, 0.3) is 0 Å². The van der Waals surface area contributed by atoms with Crippen molar-refractivity contribution in [1.82, 2.24) is 16.0 Å². The van der Waals surface area contributed by atoms with Gasteiger partial charge in [0.1, 0.15) is 0 Å². The van der Waals surface area contributed by atoms with Crippen LogP contribution in [0.5, 0.6) is 0 Å². The summed E-state index contributed by atoms with van der Waals surface area (Å²) in [5.74, 6) is 0.481. The highest BCUT2D eigenvalue weighted by atomic mass is 28.1. The predicted octanol–water partition coefficient (Wildman–Crippen LogP) is -0.349. The van der Waals surface area contributed by atoms with Gasteiger partial charge in [-0.25, -0.2) is 4.79 Å². The summed E-state index contributed by atoms with van der Waals surface area (Å²) in [6.07, 6.45) is 2.28. The molecule has 0 saturated carbocycles. The van der Waals surface area contributed by atoms with E-state index in [1.807, 2.05) is 0 Å². The van der Waals surface area contributed by atoms with Gasteiger partial charge in [-0.3, -0.25) is 5.32 Å². The first-order valence-electron chi connectivity index (χ1n) is 4.95. The quantitative estimate of drug-likeness (QED) is 0.574. The van der Waals surface area contributed by atoms with Gasteiger partial charge >= 0.3 is 6.03 Å². The number of carbonyl (C=O) groups is 1. The summed E-state index contributed by atoms with van der Waals surface area (Å²) in [6, 6.07) is -0.0189. The van der Waals surface area contributed by atoms with E-state index in [0.717, 1.165) is 12.8 Å². The van der Waals surface area contributed by atoms with Crippen LogP contribution in [-0.4, -0.2) is 41.7 Å². The topological polar surface area (TPSA) is 62.4 Å². The minimum Gasteiger partial charge on any atom is -0.381 e. The first-order chi connectivity index (χ1) is 7.22. The molecule has 0 spiro atoms. The molecule has 6 heteroatoms. The molecule has 1 aliphatic rings. The highest BCUT2D eigenvalue weighted by molar-refractivity contribution is 6.08. The lowest BCUT2D eigenvalue weighted by Gasteiger charge is -2.23. The third kappa shape index (κ3) is 4.85. The summed E-state index contributed by atoms with van der Waals surface area (Å²) in [4.78, 5) is 11.4. The van der Waals surface area contributed by atoms with Crippen molar-refractivity contribution in [1.29, 1.82) is 0 Å². The Labute approximate surface area is 93.1 Å². The average Bonchev–Trinajstić information content (AvgIpc) is 2.19. The van der Waals surface area contributed by atoms with Gasteiger partial charge < -0.3 is 15.4 Å². The predicted molar refractivity (Wildman–Crippen MR) is 58.4 cm³/mol. The van der Waals surface area contributed by atoms with E-state index < -0.39 is 0 Å². The molecule has 0 aliphatic carbocycles. The summed E-state index contributed by atoms with van der Waals surface area (Å²) in [5, 5.41) is 8.30. The fraction of sp³-hybridized carbons (Fsp3) is 0.667. The maximum absolute atomic E-state index is 11.4. The Hall–Kier alpha value is -1.01. The van der Waals surface area contributed by atoms with Crippen LogP contribution in [-0.2, 0) is 4.74 Å². The number of hydrogen-bond donors (Lipinski definition) is 3. The SMILES string of the molecule is C=C(NC[Si])NC(=O)NC1CCOCC1. The molecule has 0 aromatic heterocycles. The molecular formula is C9H16N3O2Si. The molecule has 1 fully saturated rings. The second kappa shape index (κ2) is 6.47. The maximum atomic E-state index is 11.4. The van der Waals surface area contributed by atoms with E-state index in [1.165, 1.54) is 0 Å². The van der Waals surface area contributed by atoms with Crippen LogP contribution in [0.4, 0.5) is 4.79 Å². The molecule has 3 N–H and O–H groups in total. The van der Waals surface area contributed by atoms with Crippen LogP contribution < -0.4 is 16.0 Å². The fourth-order valence-electron chi connectivity index (χ4n) is 1.35. The van der Waals surface area contributed by atoms with Crippen molar-refractivity contribution in [3.05, 3.63) is 12.4 Å². The molecule has 83 valence electrons. The van der Waals surface area contributed by atoms with Crippen molar-refractivity contribution < 1.29 is 9.53 Å². The van der Waals surface area contributed by atoms with Crippen LogP contribution in [0, 0.1) is 0 Å². The maximum Gasteiger partial charge on any atom is 0.320 e. The molecule has 1 rings (SSSR count). The molecule has 0 bridgehead atoms. The molecule has 0 atom stereocenters. The lowest BCUT2D eigenvalue weighted by Crippen LogP contribution is -2.45. The van der Waals surface area contributed by atoms with Gasteiger partial charge in [-0.2, -0.15) is 0 Å². The summed E-state index contributed by atoms with van der Waals surface area (Å²) in [7, 11) is 3.22. The highest BCUT2D eigenvalue weighted by Crippen LogP contribution is 2.05. The van der Waals surface area contributed by atoms with E-state index in [9.17, 15) is 4.79 Å². The normalized spacial score (nSPS) is 16.9. The molecule has 3 radical (unpaired) electrons. The largest absolute Gasteiger partial charge is 0.381 e. The minimum absolute atomic E-state index is 0.204. The monoisotopic (exact) mass is 226 g/mol. The highest BCUT2D eigenvalue weighted by Gasteiger charge is 2.15. The Bertz CT molecular complexity index is 229. The molecular weight excluding hydrogens is 210 g/mol. The van der Waals surface area contributed by atoms with Crippen LogP contribution >= 0.6 is 0 Å². The number of amides is 2. The van der Waals surface area contributed by atoms with Crippen molar-refractivity contribution in [2.45, 2.75) is 18.9 Å². The number of ether oxygens (including phenoxy) is 1. The van der Waals surface area contributed by atoms with Gasteiger partial charge in [0, 0.05) is 25.4 Å². The van der Waals surface area contributed by atoms with Crippen LogP contribution in [0.25, 0.3) is 0 Å². The third-order valence-electron chi connectivity index (χ3n) is 2.12. The first kappa shape index (κ1) is 12.1. The van der Waals surface area contributed by atoms with Crippen LogP contribution in [0.1, 0.15) is 12.8 Å². The van der Waals surface area contributed by atoms with Crippen molar-refractivity contribution in [2.24, 2.45) is 0 Å². The molecule has 5 nitrogen and oxygen atoms in total. The van der Waals surface area contributed by atoms with Gasteiger partial charge in [0.05, 0.1) is 16.1 Å². The lowest BCUT2D eigenvalue weighted by atomic mass is 10.1. The summed E-state index contributed by atoms with van der Waals surface area (Å²) in [6.45, 7) is 5.07. The van der Waals surface area contributed by atoms with Gasteiger partial charge in [0.2, 0.25) is 0 Å². The lowest BCUT2D eigenvalue weighted by molar-refractivity contribution is 0.0802. The smallest absolute Gasteiger partial charge is 0.320 e. The van der Waals surface area contributed by atoms with E-state index >= 15 is 0 Å². The molecule has 15 heavy (non-hydrogen) atoms. The van der Waals surface area contributed by atoms with Crippen LogP contribution in [0.15, 0.2) is 12.4 Å². The van der Waals surface area contributed by atoms with Crippen LogP contribution in [0.3, 0.4) is 0 Å². The number of urea groups is 1. The summed E-state index contributed by atoms with van der Waals surface area (Å²) >= 11 is 0. The van der Waals surface area contributed by atoms with Gasteiger partial charge in [-0.05, 0) is 12.8 Å². The van der Waals surface area contributed by atoms with E-state index in [0.29, 0.717) is 25.2 Å². The number of carbonyl (C=O) groups excluding carboxylic acids is 1. The van der Waals surface area contributed by atoms with E-state index in [1.54, 1.807) is 0 Å². The van der Waals surface area contributed by atoms with Crippen molar-refractivity contribution in [2.75, 3.05) is 19.4 Å². The van der Waals surface area contributed by atoms with Gasteiger partial charge in [-0.15, -0.1) is 0 Å². The van der Waals surface area contributed by atoms with Crippen molar-refractivity contribution >= 4 is 16.3 Å². The molecule has 0 unspecified atom stereocenters. The second-order valence-electron chi connectivity index (χ2n) is 3.32. The van der Waals surface area contributed by atoms with Crippen LogP contribution in [0.2, 0.25) is 0 Å². The first-order valence-corrected chi connectivity index (χ1v) is 5.65. The average molecular weight is 226 g/mol. The fourth-order valence-corrected chi connectivity index (χ4v) is 1.56. The number of nitrogens with one attached hydrogen (secondary N) is 3. The Morgan fingerprint density at radius 2 is 2.13 bits per heavy atom. The minimum atomic E-state index is -0.223. The Morgan fingerprint density at radius 1 is 1.47 bits per heavy atom. The zero-order valence-electron chi connectivity index (χ0n) is 8.64. The Balaban J connectivity index is 2.19. The van der Waals surface area contributed by atoms with Gasteiger partial charge in [-0.1, -0.05) is 6.58 Å². The second-order valence-corrected chi connectivity index (χ2v) is 3.67. The molecule has 0 aromatic carbocycles. The Morgan fingerprint density at radius 3 is 2.73 bits per heavy atom.